The van der Waals surface area contributed by atoms with E-state index in [0.717, 1.165) is 49.6 Å². The van der Waals surface area contributed by atoms with Gasteiger partial charge in [-0.1, -0.05) is 6.42 Å². The molecule has 2 aromatic carbocycles. The van der Waals surface area contributed by atoms with Crippen molar-refractivity contribution in [2.75, 3.05) is 13.1 Å². The highest BCUT2D eigenvalue weighted by atomic mass is 32.2. The quantitative estimate of drug-likeness (QED) is 0.564. The van der Waals surface area contributed by atoms with E-state index in [9.17, 15) is 27.3 Å². The summed E-state index contributed by atoms with van der Waals surface area (Å²) in [6.07, 6.45) is 2.41. The molecule has 2 aromatic rings. The second-order valence-corrected chi connectivity index (χ2v) is 7.97. The molecular formula is C17H16F2N2O5S. The zero-order valence-corrected chi connectivity index (χ0v) is 14.9. The summed E-state index contributed by atoms with van der Waals surface area (Å²) in [5.41, 5.74) is -0.585. The molecular weight excluding hydrogens is 382 g/mol. The first-order valence-electron chi connectivity index (χ1n) is 8.20. The molecule has 0 bridgehead atoms. The molecule has 0 unspecified atom stereocenters. The third kappa shape index (κ3) is 4.06. The van der Waals surface area contributed by atoms with E-state index in [0.29, 0.717) is 13.1 Å². The predicted octanol–water partition coefficient (Wildman–Crippen LogP) is 3.84. The summed E-state index contributed by atoms with van der Waals surface area (Å²) in [5.74, 6) is -2.67. The number of halogens is 2. The summed E-state index contributed by atoms with van der Waals surface area (Å²) in [6.45, 7) is 0.729. The molecule has 3 rings (SSSR count). The lowest BCUT2D eigenvalue weighted by atomic mass is 10.2. The lowest BCUT2D eigenvalue weighted by Gasteiger charge is -2.25. The number of sulfonamides is 1. The molecule has 0 radical (unpaired) electrons. The molecule has 1 fully saturated rings. The maximum Gasteiger partial charge on any atom is 0.312 e. The maximum atomic E-state index is 13.3. The monoisotopic (exact) mass is 398 g/mol. The Labute approximate surface area is 154 Å². The van der Waals surface area contributed by atoms with E-state index in [1.54, 1.807) is 0 Å². The van der Waals surface area contributed by atoms with Crippen molar-refractivity contribution in [2.24, 2.45) is 0 Å². The first-order valence-corrected chi connectivity index (χ1v) is 9.64. The van der Waals surface area contributed by atoms with Gasteiger partial charge in [0.25, 0.3) is 0 Å². The van der Waals surface area contributed by atoms with Gasteiger partial charge in [-0.15, -0.1) is 0 Å². The second kappa shape index (κ2) is 7.57. The molecule has 0 spiro atoms. The van der Waals surface area contributed by atoms with Crippen molar-refractivity contribution < 1.29 is 26.9 Å². The van der Waals surface area contributed by atoms with Gasteiger partial charge < -0.3 is 4.74 Å². The fourth-order valence-electron chi connectivity index (χ4n) is 2.81. The van der Waals surface area contributed by atoms with Crippen molar-refractivity contribution in [3.05, 3.63) is 58.1 Å². The van der Waals surface area contributed by atoms with Crippen molar-refractivity contribution in [1.29, 1.82) is 0 Å². The highest BCUT2D eigenvalue weighted by molar-refractivity contribution is 7.89. The topological polar surface area (TPSA) is 89.8 Å². The van der Waals surface area contributed by atoms with Gasteiger partial charge in [-0.3, -0.25) is 10.1 Å². The van der Waals surface area contributed by atoms with Crippen LogP contribution in [-0.4, -0.2) is 30.7 Å². The molecule has 0 amide bonds. The van der Waals surface area contributed by atoms with Crippen LogP contribution >= 0.6 is 0 Å². The van der Waals surface area contributed by atoms with Gasteiger partial charge in [0.05, 0.1) is 9.82 Å². The van der Waals surface area contributed by atoms with Gasteiger partial charge in [0.2, 0.25) is 15.8 Å². The van der Waals surface area contributed by atoms with Crippen molar-refractivity contribution >= 4 is 15.7 Å². The molecule has 0 N–H and O–H groups in total. The van der Waals surface area contributed by atoms with E-state index in [1.807, 2.05) is 0 Å². The van der Waals surface area contributed by atoms with E-state index < -0.39 is 32.3 Å². The molecule has 7 nitrogen and oxygen atoms in total. The molecule has 0 atom stereocenters. The molecule has 1 saturated heterocycles. The third-order valence-electron chi connectivity index (χ3n) is 4.20. The van der Waals surface area contributed by atoms with Gasteiger partial charge in [-0.25, -0.2) is 17.2 Å². The van der Waals surface area contributed by atoms with Gasteiger partial charge in [0.15, 0.2) is 11.6 Å². The van der Waals surface area contributed by atoms with E-state index in [4.69, 9.17) is 4.74 Å². The van der Waals surface area contributed by atoms with Crippen LogP contribution in [0.3, 0.4) is 0 Å². The summed E-state index contributed by atoms with van der Waals surface area (Å²) in [5, 5.41) is 11.4. The maximum absolute atomic E-state index is 13.3. The van der Waals surface area contributed by atoms with Crippen LogP contribution in [0.2, 0.25) is 0 Å². The summed E-state index contributed by atoms with van der Waals surface area (Å²) in [6, 6.07) is 5.94. The number of hydrogen-bond donors (Lipinski definition) is 0. The fraction of sp³-hybridized carbons (Fsp3) is 0.294. The van der Waals surface area contributed by atoms with Crippen LogP contribution in [0.25, 0.3) is 0 Å². The van der Waals surface area contributed by atoms with Crippen molar-refractivity contribution in [3.8, 4) is 11.5 Å². The summed E-state index contributed by atoms with van der Waals surface area (Å²) in [4.78, 5) is 10.4. The van der Waals surface area contributed by atoms with E-state index in [2.05, 4.69) is 0 Å². The molecule has 0 aromatic heterocycles. The Morgan fingerprint density at radius 1 is 1.00 bits per heavy atom. The number of nitro benzene ring substituents is 1. The summed E-state index contributed by atoms with van der Waals surface area (Å²) >= 11 is 0. The number of hydrogen-bond acceptors (Lipinski definition) is 5. The predicted molar refractivity (Wildman–Crippen MR) is 92.1 cm³/mol. The standard InChI is InChI=1S/C17H16F2N2O5S/c18-14-6-4-12(10-15(14)19)26-17-7-5-13(11-16(17)21(22)23)27(24,25)20-8-2-1-3-9-20/h4-7,10-11H,1-3,8-9H2. The molecule has 1 aliphatic rings. The smallest absolute Gasteiger partial charge is 0.312 e. The highest BCUT2D eigenvalue weighted by Crippen LogP contribution is 2.35. The number of nitro groups is 1. The minimum Gasteiger partial charge on any atom is -0.450 e. The molecule has 27 heavy (non-hydrogen) atoms. The van der Waals surface area contributed by atoms with Gasteiger partial charge in [0, 0.05) is 25.2 Å². The Morgan fingerprint density at radius 2 is 1.70 bits per heavy atom. The third-order valence-corrected chi connectivity index (χ3v) is 6.09. The van der Waals surface area contributed by atoms with Gasteiger partial charge >= 0.3 is 5.69 Å². The first kappa shape index (κ1) is 19.2. The largest absolute Gasteiger partial charge is 0.450 e. The lowest BCUT2D eigenvalue weighted by Crippen LogP contribution is -2.35. The summed E-state index contributed by atoms with van der Waals surface area (Å²) in [7, 11) is -3.86. The number of benzene rings is 2. The van der Waals surface area contributed by atoms with Gasteiger partial charge in [0.1, 0.15) is 5.75 Å². The van der Waals surface area contributed by atoms with Gasteiger partial charge in [-0.05, 0) is 37.1 Å². The van der Waals surface area contributed by atoms with Crippen LogP contribution in [0.1, 0.15) is 19.3 Å². The molecule has 144 valence electrons. The van der Waals surface area contributed by atoms with Crippen LogP contribution in [0.15, 0.2) is 41.3 Å². The molecule has 0 aliphatic carbocycles. The summed E-state index contributed by atoms with van der Waals surface area (Å²) < 4.78 is 58.2. The fourth-order valence-corrected chi connectivity index (χ4v) is 4.35. The Kier molecular flexibility index (Phi) is 5.38. The average Bonchev–Trinajstić information content (AvgIpc) is 2.65. The Hall–Kier alpha value is -2.59. The van der Waals surface area contributed by atoms with Crippen molar-refractivity contribution in [2.45, 2.75) is 24.2 Å². The average molecular weight is 398 g/mol. The SMILES string of the molecule is O=[N+]([O-])c1cc(S(=O)(=O)N2CCCCC2)ccc1Oc1ccc(F)c(F)c1. The molecule has 10 heteroatoms. The van der Waals surface area contributed by atoms with Gasteiger partial charge in [-0.2, -0.15) is 4.31 Å². The highest BCUT2D eigenvalue weighted by Gasteiger charge is 2.29. The zero-order valence-electron chi connectivity index (χ0n) is 14.1. The zero-order chi connectivity index (χ0) is 19.6. The minimum absolute atomic E-state index is 0.149. The Bertz CT molecular complexity index is 975. The minimum atomic E-state index is -3.86. The molecule has 1 heterocycles. The van der Waals surface area contributed by atoms with Crippen LogP contribution in [0.5, 0.6) is 11.5 Å². The number of ether oxygens (including phenoxy) is 1. The van der Waals surface area contributed by atoms with Crippen LogP contribution in [0, 0.1) is 21.7 Å². The number of rotatable bonds is 5. The lowest BCUT2D eigenvalue weighted by molar-refractivity contribution is -0.385. The number of piperidine rings is 1. The Morgan fingerprint density at radius 3 is 2.33 bits per heavy atom. The molecule has 1 aliphatic heterocycles. The van der Waals surface area contributed by atoms with Crippen LogP contribution < -0.4 is 4.74 Å². The normalized spacial score (nSPS) is 15.5. The van der Waals surface area contributed by atoms with E-state index in [-0.39, 0.29) is 16.4 Å². The van der Waals surface area contributed by atoms with Crippen molar-refractivity contribution in [1.82, 2.24) is 4.31 Å². The first-order chi connectivity index (χ1) is 12.8. The van der Waals surface area contributed by atoms with E-state index in [1.165, 1.54) is 10.4 Å². The van der Waals surface area contributed by atoms with Crippen LogP contribution in [0.4, 0.5) is 14.5 Å². The molecule has 0 saturated carbocycles. The Balaban J connectivity index is 1.95. The van der Waals surface area contributed by atoms with E-state index >= 15 is 0 Å². The van der Waals surface area contributed by atoms with Crippen molar-refractivity contribution in [3.63, 3.8) is 0 Å². The number of nitrogens with zero attached hydrogens (tertiary/aromatic N) is 2. The second-order valence-electron chi connectivity index (χ2n) is 6.03. The van der Waals surface area contributed by atoms with Crippen LogP contribution in [-0.2, 0) is 10.0 Å².